The van der Waals surface area contributed by atoms with Crippen LogP contribution in [0.3, 0.4) is 0 Å². The smallest absolute Gasteiger partial charge is 0.408 e. The minimum absolute atomic E-state index is 0.0411. The van der Waals surface area contributed by atoms with Crippen LogP contribution in [-0.2, 0) is 35.5 Å². The number of ether oxygens (including phenoxy) is 2. The number of benzene rings is 1. The normalized spacial score (nSPS) is 13.8. The molecular weight excluding hydrogens is 424 g/mol. The maximum atomic E-state index is 12.4. The number of hydrogen-bond acceptors (Lipinski definition) is 7. The summed E-state index contributed by atoms with van der Waals surface area (Å²) in [5.74, 6) is -1.23. The van der Waals surface area contributed by atoms with Gasteiger partial charge in [-0.3, -0.25) is 9.59 Å². The molecule has 10 heteroatoms. The predicted molar refractivity (Wildman–Crippen MR) is 116 cm³/mol. The Balaban J connectivity index is 2.68. The van der Waals surface area contributed by atoms with E-state index in [-0.39, 0.29) is 13.0 Å². The molecule has 1 aromatic rings. The lowest BCUT2D eigenvalue weighted by Gasteiger charge is -2.22. The average Bonchev–Trinajstić information content (AvgIpc) is 2.63. The van der Waals surface area contributed by atoms with Crippen molar-refractivity contribution in [2.45, 2.75) is 58.4 Å². The number of alkyl carbamates (subject to hydrolysis) is 1. The van der Waals surface area contributed by atoms with E-state index in [4.69, 9.17) is 9.47 Å². The molecule has 0 saturated carbocycles. The van der Waals surface area contributed by atoms with Gasteiger partial charge in [0.05, 0.1) is 12.5 Å². The third-order valence-electron chi connectivity index (χ3n) is 3.63. The van der Waals surface area contributed by atoms with Gasteiger partial charge < -0.3 is 20.1 Å². The topological polar surface area (TPSA) is 128 Å². The van der Waals surface area contributed by atoms with Gasteiger partial charge in [-0.1, -0.05) is 36.4 Å². The monoisotopic (exact) mass is 454 g/mol. The summed E-state index contributed by atoms with van der Waals surface area (Å²) in [5, 5.41) is 5.81. The van der Waals surface area contributed by atoms with E-state index in [1.165, 1.54) is 13.0 Å². The standard InChI is InChI=1S/C21H30N2O7S/c1-15(22-20(26)29-14-16-9-7-6-8-10-16)19(25)23-17(11-12-31(5,27)28)13-18(24)30-21(2,3)4/h6-12,15,17H,13-14H2,1-5H3,(H,22,26)(H,23,25)/b12-11+/t15-,17+/m0/s1. The van der Waals surface area contributed by atoms with E-state index in [9.17, 15) is 22.8 Å². The molecule has 0 radical (unpaired) electrons. The van der Waals surface area contributed by atoms with Crippen molar-refractivity contribution in [3.8, 4) is 0 Å². The fourth-order valence-electron chi connectivity index (χ4n) is 2.28. The molecule has 0 spiro atoms. The molecule has 2 amide bonds. The molecule has 0 aliphatic rings. The molecule has 0 bridgehead atoms. The summed E-state index contributed by atoms with van der Waals surface area (Å²) in [6.07, 6.45) is 1.11. The van der Waals surface area contributed by atoms with Crippen molar-refractivity contribution in [2.75, 3.05) is 6.26 Å². The van der Waals surface area contributed by atoms with Gasteiger partial charge >= 0.3 is 12.1 Å². The number of rotatable bonds is 9. The summed E-state index contributed by atoms with van der Waals surface area (Å²) < 4.78 is 33.1. The van der Waals surface area contributed by atoms with Crippen LogP contribution in [0.2, 0.25) is 0 Å². The van der Waals surface area contributed by atoms with E-state index in [1.54, 1.807) is 32.9 Å². The number of hydrogen-bond donors (Lipinski definition) is 2. The molecular formula is C21H30N2O7S. The zero-order valence-corrected chi connectivity index (χ0v) is 19.2. The zero-order chi connectivity index (χ0) is 23.7. The van der Waals surface area contributed by atoms with Crippen molar-refractivity contribution in [3.05, 3.63) is 47.4 Å². The second-order valence-electron chi connectivity index (χ2n) is 7.99. The van der Waals surface area contributed by atoms with E-state index < -0.39 is 45.5 Å². The zero-order valence-electron chi connectivity index (χ0n) is 18.4. The first kappa shape index (κ1) is 26.2. The molecule has 0 saturated heterocycles. The van der Waals surface area contributed by atoms with E-state index in [0.29, 0.717) is 0 Å². The number of carbonyl (C=O) groups excluding carboxylic acids is 3. The van der Waals surface area contributed by atoms with Crippen LogP contribution in [0.5, 0.6) is 0 Å². The van der Waals surface area contributed by atoms with E-state index >= 15 is 0 Å². The van der Waals surface area contributed by atoms with Gasteiger partial charge in [0.2, 0.25) is 5.91 Å². The Morgan fingerprint density at radius 3 is 2.26 bits per heavy atom. The van der Waals surface area contributed by atoms with Crippen molar-refractivity contribution in [2.24, 2.45) is 0 Å². The minimum atomic E-state index is -3.47. The highest BCUT2D eigenvalue weighted by atomic mass is 32.2. The quantitative estimate of drug-likeness (QED) is 0.547. The Hall–Kier alpha value is -2.88. The second-order valence-corrected chi connectivity index (χ2v) is 9.92. The highest BCUT2D eigenvalue weighted by Gasteiger charge is 2.23. The molecule has 0 unspecified atom stereocenters. The fraction of sp³-hybridized carbons (Fsp3) is 0.476. The summed E-state index contributed by atoms with van der Waals surface area (Å²) in [6, 6.07) is 7.10. The third-order valence-corrected chi connectivity index (χ3v) is 4.28. The number of sulfone groups is 1. The first-order valence-electron chi connectivity index (χ1n) is 9.63. The van der Waals surface area contributed by atoms with Gasteiger partial charge in [0.1, 0.15) is 18.2 Å². The van der Waals surface area contributed by atoms with Crippen molar-refractivity contribution in [1.29, 1.82) is 0 Å². The third kappa shape index (κ3) is 12.4. The van der Waals surface area contributed by atoms with Gasteiger partial charge in [0.25, 0.3) is 0 Å². The number of esters is 1. The Bertz CT molecular complexity index is 890. The van der Waals surface area contributed by atoms with Crippen LogP contribution in [0.15, 0.2) is 41.8 Å². The molecule has 0 aliphatic heterocycles. The van der Waals surface area contributed by atoms with Crippen LogP contribution < -0.4 is 10.6 Å². The Morgan fingerprint density at radius 1 is 1.10 bits per heavy atom. The minimum Gasteiger partial charge on any atom is -0.460 e. The number of carbonyl (C=O) groups is 3. The van der Waals surface area contributed by atoms with Crippen LogP contribution in [0.1, 0.15) is 39.7 Å². The van der Waals surface area contributed by atoms with Gasteiger partial charge in [-0.25, -0.2) is 13.2 Å². The summed E-state index contributed by atoms with van der Waals surface area (Å²) >= 11 is 0. The Morgan fingerprint density at radius 2 is 1.71 bits per heavy atom. The Labute approximate surface area is 183 Å². The highest BCUT2D eigenvalue weighted by molar-refractivity contribution is 7.93. The van der Waals surface area contributed by atoms with Crippen LogP contribution in [-0.4, -0.2) is 50.3 Å². The van der Waals surface area contributed by atoms with Gasteiger partial charge in [-0.05, 0) is 33.3 Å². The lowest BCUT2D eigenvalue weighted by Crippen LogP contribution is -2.48. The lowest BCUT2D eigenvalue weighted by molar-refractivity contribution is -0.155. The molecule has 172 valence electrons. The maximum absolute atomic E-state index is 12.4. The summed E-state index contributed by atoms with van der Waals surface area (Å²) in [4.78, 5) is 36.5. The van der Waals surface area contributed by atoms with Crippen LogP contribution >= 0.6 is 0 Å². The average molecular weight is 455 g/mol. The predicted octanol–water partition coefficient (Wildman–Crippen LogP) is 2.08. The molecule has 0 aliphatic carbocycles. The highest BCUT2D eigenvalue weighted by Crippen LogP contribution is 2.10. The van der Waals surface area contributed by atoms with Gasteiger partial charge in [-0.15, -0.1) is 0 Å². The molecule has 1 aromatic carbocycles. The van der Waals surface area contributed by atoms with Crippen molar-refractivity contribution in [1.82, 2.24) is 10.6 Å². The van der Waals surface area contributed by atoms with E-state index in [2.05, 4.69) is 10.6 Å². The molecule has 0 aromatic heterocycles. The maximum Gasteiger partial charge on any atom is 0.408 e. The van der Waals surface area contributed by atoms with Crippen molar-refractivity contribution in [3.63, 3.8) is 0 Å². The largest absolute Gasteiger partial charge is 0.460 e. The SMILES string of the molecule is C[C@H](NC(=O)OCc1ccccc1)C(=O)N[C@H](/C=C/S(C)(=O)=O)CC(=O)OC(C)(C)C. The molecule has 31 heavy (non-hydrogen) atoms. The summed E-state index contributed by atoms with van der Waals surface area (Å²) in [6.45, 7) is 6.55. The molecule has 1 rings (SSSR count). The number of nitrogens with one attached hydrogen (secondary N) is 2. The first-order valence-corrected chi connectivity index (χ1v) is 11.6. The van der Waals surface area contributed by atoms with Crippen LogP contribution in [0.25, 0.3) is 0 Å². The molecule has 0 heterocycles. The lowest BCUT2D eigenvalue weighted by atomic mass is 10.1. The molecule has 2 atom stereocenters. The molecule has 0 fully saturated rings. The van der Waals surface area contributed by atoms with Crippen molar-refractivity contribution < 1.29 is 32.3 Å². The fourth-order valence-corrected chi connectivity index (χ4v) is 2.76. The van der Waals surface area contributed by atoms with Gasteiger partial charge in [0, 0.05) is 11.7 Å². The number of amides is 2. The first-order chi connectivity index (χ1) is 14.2. The van der Waals surface area contributed by atoms with Crippen molar-refractivity contribution >= 4 is 27.8 Å². The molecule has 2 N–H and O–H groups in total. The van der Waals surface area contributed by atoms with E-state index in [0.717, 1.165) is 17.2 Å². The van der Waals surface area contributed by atoms with Crippen LogP contribution in [0.4, 0.5) is 4.79 Å². The Kier molecular flexibility index (Phi) is 9.70. The second kappa shape index (κ2) is 11.5. The van der Waals surface area contributed by atoms with E-state index in [1.807, 2.05) is 18.2 Å². The van der Waals surface area contributed by atoms with Crippen LogP contribution in [0, 0.1) is 0 Å². The summed E-state index contributed by atoms with van der Waals surface area (Å²) in [7, 11) is -3.47. The summed E-state index contributed by atoms with van der Waals surface area (Å²) in [5.41, 5.74) is 0.0573. The molecule has 9 nitrogen and oxygen atoms in total. The van der Waals surface area contributed by atoms with Gasteiger partial charge in [0.15, 0.2) is 9.84 Å². The van der Waals surface area contributed by atoms with Gasteiger partial charge in [-0.2, -0.15) is 0 Å².